The van der Waals surface area contributed by atoms with Crippen LogP contribution in [-0.4, -0.2) is 19.2 Å². The molecule has 0 unspecified atom stereocenters. The van der Waals surface area contributed by atoms with E-state index in [9.17, 15) is 9.59 Å². The van der Waals surface area contributed by atoms with E-state index >= 15 is 0 Å². The number of benzene rings is 1. The fraction of sp³-hybridized carbons (Fsp3) is 0.200. The van der Waals surface area contributed by atoms with Crippen LogP contribution in [0.15, 0.2) is 12.1 Å². The molecule has 74 valence electrons. The predicted molar refractivity (Wildman–Crippen MR) is 61.1 cm³/mol. The maximum atomic E-state index is 11.2. The maximum absolute atomic E-state index is 11.2. The van der Waals surface area contributed by atoms with Crippen LogP contribution in [0.5, 0.6) is 5.75 Å². The molecule has 1 aromatic carbocycles. The van der Waals surface area contributed by atoms with Crippen LogP contribution >= 0.6 is 22.6 Å². The second kappa shape index (κ2) is 4.54. The molecule has 0 atom stereocenters. The van der Waals surface area contributed by atoms with Gasteiger partial charge in [-0.2, -0.15) is 0 Å². The summed E-state index contributed by atoms with van der Waals surface area (Å²) < 4.78 is 5.89. The standard InChI is InChI=1S/C10H9IO3/c1-6(13)8-3-7(11)4-10(14-2)9(8)5-12/h3-5H,1-2H3. The van der Waals surface area contributed by atoms with E-state index in [0.29, 0.717) is 23.2 Å². The van der Waals surface area contributed by atoms with Gasteiger partial charge in [-0.1, -0.05) is 0 Å². The Kier molecular flexibility index (Phi) is 3.62. The van der Waals surface area contributed by atoms with Gasteiger partial charge >= 0.3 is 0 Å². The monoisotopic (exact) mass is 304 g/mol. The molecular formula is C10H9IO3. The fourth-order valence-corrected chi connectivity index (χ4v) is 1.77. The van der Waals surface area contributed by atoms with Crippen LogP contribution in [0.3, 0.4) is 0 Å². The van der Waals surface area contributed by atoms with Crippen molar-refractivity contribution in [3.05, 3.63) is 26.8 Å². The predicted octanol–water partition coefficient (Wildman–Crippen LogP) is 2.31. The van der Waals surface area contributed by atoms with Gasteiger partial charge in [-0.05, 0) is 41.6 Å². The molecule has 0 aromatic heterocycles. The van der Waals surface area contributed by atoms with Crippen molar-refractivity contribution in [2.24, 2.45) is 0 Å². The summed E-state index contributed by atoms with van der Waals surface area (Å²) in [7, 11) is 1.47. The van der Waals surface area contributed by atoms with Crippen molar-refractivity contribution in [1.82, 2.24) is 0 Å². The number of carbonyl (C=O) groups excluding carboxylic acids is 2. The molecule has 1 rings (SSSR count). The van der Waals surface area contributed by atoms with Gasteiger partial charge < -0.3 is 4.74 Å². The molecule has 3 nitrogen and oxygen atoms in total. The van der Waals surface area contributed by atoms with Gasteiger partial charge in [0.1, 0.15) is 5.75 Å². The number of ether oxygens (including phenoxy) is 1. The number of halogens is 1. The highest BCUT2D eigenvalue weighted by molar-refractivity contribution is 14.1. The first-order chi connectivity index (χ1) is 6.60. The van der Waals surface area contributed by atoms with Gasteiger partial charge in [0, 0.05) is 9.13 Å². The van der Waals surface area contributed by atoms with Crippen molar-refractivity contribution < 1.29 is 14.3 Å². The normalized spacial score (nSPS) is 9.64. The molecule has 0 aliphatic rings. The molecule has 0 spiro atoms. The van der Waals surface area contributed by atoms with E-state index in [4.69, 9.17) is 4.74 Å². The number of hydrogen-bond donors (Lipinski definition) is 0. The summed E-state index contributed by atoms with van der Waals surface area (Å²) in [6.45, 7) is 1.43. The average Bonchev–Trinajstić information content (AvgIpc) is 2.16. The van der Waals surface area contributed by atoms with E-state index in [1.807, 2.05) is 0 Å². The highest BCUT2D eigenvalue weighted by atomic mass is 127. The maximum Gasteiger partial charge on any atom is 0.160 e. The summed E-state index contributed by atoms with van der Waals surface area (Å²) in [4.78, 5) is 22.0. The Bertz CT molecular complexity index is 385. The third-order valence-corrected chi connectivity index (χ3v) is 2.45. The largest absolute Gasteiger partial charge is 0.496 e. The number of Topliss-reactive ketones (excluding diaryl/α,β-unsaturated/α-hetero) is 1. The molecule has 4 heteroatoms. The summed E-state index contributed by atoms with van der Waals surface area (Å²) in [5.74, 6) is 0.306. The first kappa shape index (κ1) is 11.2. The van der Waals surface area contributed by atoms with E-state index in [-0.39, 0.29) is 5.78 Å². The number of carbonyl (C=O) groups is 2. The summed E-state index contributed by atoms with van der Waals surface area (Å²) in [5.41, 5.74) is 0.726. The minimum atomic E-state index is -0.135. The Labute approximate surface area is 95.6 Å². The Morgan fingerprint density at radius 2 is 2.14 bits per heavy atom. The van der Waals surface area contributed by atoms with Crippen LogP contribution < -0.4 is 4.74 Å². The number of ketones is 1. The highest BCUT2D eigenvalue weighted by Gasteiger charge is 2.13. The van der Waals surface area contributed by atoms with Crippen LogP contribution in [0.4, 0.5) is 0 Å². The fourth-order valence-electron chi connectivity index (χ4n) is 1.17. The summed E-state index contributed by atoms with van der Waals surface area (Å²) >= 11 is 2.07. The number of aldehydes is 1. The summed E-state index contributed by atoms with van der Waals surface area (Å²) in [6.07, 6.45) is 0.644. The quantitative estimate of drug-likeness (QED) is 0.489. The molecule has 0 radical (unpaired) electrons. The molecule has 14 heavy (non-hydrogen) atoms. The van der Waals surface area contributed by atoms with E-state index < -0.39 is 0 Å². The Morgan fingerprint density at radius 1 is 1.50 bits per heavy atom. The van der Waals surface area contributed by atoms with Gasteiger partial charge in [-0.15, -0.1) is 0 Å². The second-order valence-electron chi connectivity index (χ2n) is 2.74. The molecule has 0 saturated carbocycles. The van der Waals surface area contributed by atoms with Crippen molar-refractivity contribution in [3.8, 4) is 5.75 Å². The smallest absolute Gasteiger partial charge is 0.160 e. The molecule has 0 saturated heterocycles. The second-order valence-corrected chi connectivity index (χ2v) is 3.99. The molecule has 0 N–H and O–H groups in total. The molecular weight excluding hydrogens is 295 g/mol. The molecule has 0 heterocycles. The summed E-state index contributed by atoms with van der Waals surface area (Å²) in [6, 6.07) is 3.39. The van der Waals surface area contributed by atoms with Crippen molar-refractivity contribution in [2.75, 3.05) is 7.11 Å². The Hall–Kier alpha value is -0.910. The van der Waals surface area contributed by atoms with Gasteiger partial charge in [-0.3, -0.25) is 9.59 Å². The van der Waals surface area contributed by atoms with Crippen molar-refractivity contribution in [3.63, 3.8) is 0 Å². The third-order valence-electron chi connectivity index (χ3n) is 1.82. The number of hydrogen-bond acceptors (Lipinski definition) is 3. The summed E-state index contributed by atoms with van der Waals surface area (Å²) in [5, 5.41) is 0. The van der Waals surface area contributed by atoms with Crippen molar-refractivity contribution in [2.45, 2.75) is 6.92 Å². The third kappa shape index (κ3) is 2.12. The van der Waals surface area contributed by atoms with Crippen molar-refractivity contribution >= 4 is 34.7 Å². The minimum Gasteiger partial charge on any atom is -0.496 e. The lowest BCUT2D eigenvalue weighted by molar-refractivity contribution is 0.100. The number of rotatable bonds is 3. The lowest BCUT2D eigenvalue weighted by Crippen LogP contribution is -2.02. The van der Waals surface area contributed by atoms with E-state index in [1.165, 1.54) is 14.0 Å². The van der Waals surface area contributed by atoms with E-state index in [1.54, 1.807) is 12.1 Å². The Balaban J connectivity index is 3.46. The van der Waals surface area contributed by atoms with Crippen molar-refractivity contribution in [1.29, 1.82) is 0 Å². The van der Waals surface area contributed by atoms with Gasteiger partial charge in [0.25, 0.3) is 0 Å². The van der Waals surface area contributed by atoms with E-state index in [2.05, 4.69) is 22.6 Å². The molecule has 1 aromatic rings. The molecule has 0 aliphatic heterocycles. The first-order valence-corrected chi connectivity index (χ1v) is 5.01. The average molecular weight is 304 g/mol. The zero-order chi connectivity index (χ0) is 10.7. The molecule has 0 bridgehead atoms. The van der Waals surface area contributed by atoms with Crippen LogP contribution in [0.25, 0.3) is 0 Å². The molecule has 0 aliphatic carbocycles. The van der Waals surface area contributed by atoms with Gasteiger partial charge in [0.05, 0.1) is 12.7 Å². The molecule has 0 amide bonds. The van der Waals surface area contributed by atoms with Crippen LogP contribution in [0.1, 0.15) is 27.6 Å². The zero-order valence-electron chi connectivity index (χ0n) is 7.83. The topological polar surface area (TPSA) is 43.4 Å². The SMILES string of the molecule is COc1cc(I)cc(C(C)=O)c1C=O. The van der Waals surface area contributed by atoms with E-state index in [0.717, 1.165) is 3.57 Å². The van der Waals surface area contributed by atoms with Crippen LogP contribution in [0, 0.1) is 3.57 Å². The lowest BCUT2D eigenvalue weighted by atomic mass is 10.0. The minimum absolute atomic E-state index is 0.135. The zero-order valence-corrected chi connectivity index (χ0v) is 9.99. The van der Waals surface area contributed by atoms with Crippen LogP contribution in [0.2, 0.25) is 0 Å². The van der Waals surface area contributed by atoms with Gasteiger partial charge in [-0.25, -0.2) is 0 Å². The molecule has 0 fully saturated rings. The number of methoxy groups -OCH3 is 1. The first-order valence-electron chi connectivity index (χ1n) is 3.93. The van der Waals surface area contributed by atoms with Gasteiger partial charge in [0.2, 0.25) is 0 Å². The highest BCUT2D eigenvalue weighted by Crippen LogP contribution is 2.24. The van der Waals surface area contributed by atoms with Crippen LogP contribution in [-0.2, 0) is 0 Å². The lowest BCUT2D eigenvalue weighted by Gasteiger charge is -2.07. The van der Waals surface area contributed by atoms with Gasteiger partial charge in [0.15, 0.2) is 12.1 Å². The Morgan fingerprint density at radius 3 is 2.57 bits per heavy atom.